The minimum absolute atomic E-state index is 0. The van der Waals surface area contributed by atoms with Gasteiger partial charge >= 0.3 is 29.6 Å². The fraction of sp³-hybridized carbons (Fsp3) is 0.200. The molecule has 3 rings (SSSR count). The van der Waals surface area contributed by atoms with Crippen molar-refractivity contribution in [2.75, 3.05) is 0 Å². The van der Waals surface area contributed by atoms with Crippen LogP contribution in [0.1, 0.15) is 23.4 Å². The van der Waals surface area contributed by atoms with Crippen LogP contribution in [0.25, 0.3) is 0 Å². The summed E-state index contributed by atoms with van der Waals surface area (Å²) in [5.41, 5.74) is 0.496. The molecular formula is C10H8N3NaO7S. The van der Waals surface area contributed by atoms with E-state index in [0.29, 0.717) is 17.1 Å². The maximum absolute atomic E-state index is 10.9. The molecule has 0 spiro atoms. The van der Waals surface area contributed by atoms with Crippen molar-refractivity contribution in [3.63, 3.8) is 0 Å². The molecule has 0 bridgehead atoms. The second kappa shape index (κ2) is 7.76. The smallest absolute Gasteiger partial charge is 0.750 e. The van der Waals surface area contributed by atoms with E-state index in [-0.39, 0.29) is 41.1 Å². The van der Waals surface area contributed by atoms with Crippen molar-refractivity contribution in [3.05, 3.63) is 45.6 Å². The average molecular weight is 337 g/mol. The molecule has 12 heteroatoms. The summed E-state index contributed by atoms with van der Waals surface area (Å²) in [6.45, 7) is 1.67. The van der Waals surface area contributed by atoms with E-state index in [0.717, 1.165) is 0 Å². The monoisotopic (exact) mass is 337 g/mol. The maximum atomic E-state index is 10.9. The van der Waals surface area contributed by atoms with Crippen LogP contribution < -0.4 is 34.3 Å². The van der Waals surface area contributed by atoms with Crippen molar-refractivity contribution < 1.29 is 57.1 Å². The molecule has 2 atom stereocenters. The molecule has 0 amide bonds. The number of aryl methyl sites for hydroxylation is 1. The first-order valence-corrected chi connectivity index (χ1v) is 6.46. The second-order valence-corrected chi connectivity index (χ2v) is 4.28. The summed E-state index contributed by atoms with van der Waals surface area (Å²) in [4.78, 5) is 14.4. The van der Waals surface area contributed by atoms with Crippen molar-refractivity contribution in [2.24, 2.45) is 0 Å². The summed E-state index contributed by atoms with van der Waals surface area (Å²) in [6.07, 6.45) is -0.632. The Bertz CT molecular complexity index is 704. The van der Waals surface area contributed by atoms with Gasteiger partial charge in [-0.15, -0.1) is 0 Å². The van der Waals surface area contributed by atoms with Crippen LogP contribution in [-0.4, -0.2) is 28.4 Å². The van der Waals surface area contributed by atoms with E-state index in [2.05, 4.69) is 10.1 Å². The SMILES string of the molecule is Cc1noc(C2Oc3cccc([N+](=O)[O-])c32)n1.O=S([O-])O.[Na+]. The normalized spacial score (nSPS) is 15.9. The van der Waals surface area contributed by atoms with Gasteiger partial charge in [-0.3, -0.25) is 10.1 Å². The minimum Gasteiger partial charge on any atom is -0.750 e. The van der Waals surface area contributed by atoms with Gasteiger partial charge in [-0.1, -0.05) is 11.2 Å². The molecule has 0 saturated carbocycles. The molecule has 0 radical (unpaired) electrons. The number of hydrogen-bond acceptors (Lipinski definition) is 8. The van der Waals surface area contributed by atoms with Crippen LogP contribution >= 0.6 is 0 Å². The standard InChI is InChI=1S/C10H7N3O4.Na.H2O3S/c1-5-11-10(17-12-5)9-8-6(13(14)15)3-2-4-7(8)16-9;;1-4(2)3/h2-4,9H,1H3;;(H2,1,2,3)/q;+1;/p-1. The molecule has 0 aliphatic carbocycles. The van der Waals surface area contributed by atoms with Gasteiger partial charge < -0.3 is 18.4 Å². The summed E-state index contributed by atoms with van der Waals surface area (Å²) in [7, 11) is 0. The molecule has 1 aromatic heterocycles. The van der Waals surface area contributed by atoms with Crippen molar-refractivity contribution in [3.8, 4) is 5.75 Å². The zero-order chi connectivity index (χ0) is 15.6. The first kappa shape index (κ1) is 18.7. The Morgan fingerprint density at radius 3 is 2.59 bits per heavy atom. The summed E-state index contributed by atoms with van der Waals surface area (Å²) < 4.78 is 34.4. The summed E-state index contributed by atoms with van der Waals surface area (Å²) in [5, 5.41) is 14.5. The van der Waals surface area contributed by atoms with Crippen LogP contribution in [0.4, 0.5) is 5.69 Å². The average Bonchev–Trinajstić information content (AvgIpc) is 2.75. The van der Waals surface area contributed by atoms with Gasteiger partial charge in [-0.25, -0.2) is 4.21 Å². The minimum atomic E-state index is -2.86. The van der Waals surface area contributed by atoms with Crippen molar-refractivity contribution in [1.29, 1.82) is 0 Å². The van der Waals surface area contributed by atoms with E-state index in [1.807, 2.05) is 0 Å². The molecule has 1 aliphatic rings. The van der Waals surface area contributed by atoms with Crippen molar-refractivity contribution in [1.82, 2.24) is 10.1 Å². The molecular weight excluding hydrogens is 329 g/mol. The number of aromatic nitrogens is 2. The third-order valence-electron chi connectivity index (χ3n) is 2.51. The van der Waals surface area contributed by atoms with Crippen LogP contribution in [0.2, 0.25) is 0 Å². The number of hydrogen-bond donors (Lipinski definition) is 1. The van der Waals surface area contributed by atoms with E-state index in [9.17, 15) is 10.1 Å². The Kier molecular flexibility index (Phi) is 6.59. The first-order chi connectivity index (χ1) is 9.90. The number of nitro benzene ring substituents is 1. The predicted octanol–water partition coefficient (Wildman–Crippen LogP) is -1.89. The van der Waals surface area contributed by atoms with Gasteiger partial charge in [0.15, 0.2) is 5.82 Å². The molecule has 112 valence electrons. The maximum Gasteiger partial charge on any atom is 1.00 e. The zero-order valence-corrected chi connectivity index (χ0v) is 14.3. The van der Waals surface area contributed by atoms with E-state index >= 15 is 0 Å². The van der Waals surface area contributed by atoms with Crippen LogP contribution in [-0.2, 0) is 11.4 Å². The van der Waals surface area contributed by atoms with Crippen LogP contribution in [0, 0.1) is 17.0 Å². The second-order valence-electron chi connectivity index (χ2n) is 3.84. The predicted molar refractivity (Wildman–Crippen MR) is 66.2 cm³/mol. The van der Waals surface area contributed by atoms with E-state index < -0.39 is 22.4 Å². The zero-order valence-electron chi connectivity index (χ0n) is 11.5. The molecule has 1 aliphatic heterocycles. The van der Waals surface area contributed by atoms with Gasteiger partial charge in [0.05, 0.1) is 16.3 Å². The van der Waals surface area contributed by atoms with Gasteiger partial charge in [0.2, 0.25) is 6.10 Å². The first-order valence-electron chi connectivity index (χ1n) is 5.42. The summed E-state index contributed by atoms with van der Waals surface area (Å²) in [5.74, 6) is 1.19. The molecule has 2 unspecified atom stereocenters. The Balaban J connectivity index is 0.000000436. The van der Waals surface area contributed by atoms with E-state index in [4.69, 9.17) is 22.6 Å². The van der Waals surface area contributed by atoms with Gasteiger partial charge in [0.1, 0.15) is 11.3 Å². The third kappa shape index (κ3) is 4.09. The molecule has 0 fully saturated rings. The number of nitrogens with zero attached hydrogens (tertiary/aromatic N) is 3. The van der Waals surface area contributed by atoms with Gasteiger partial charge in [-0.05, 0) is 13.0 Å². The Labute approximate surface area is 148 Å². The number of benzene rings is 1. The number of ether oxygens (including phenoxy) is 1. The number of rotatable bonds is 2. The molecule has 2 heterocycles. The number of fused-ring (bicyclic) bond motifs is 1. The Morgan fingerprint density at radius 1 is 1.45 bits per heavy atom. The Morgan fingerprint density at radius 2 is 2.09 bits per heavy atom. The quantitative estimate of drug-likeness (QED) is 0.287. The summed E-state index contributed by atoms with van der Waals surface area (Å²) in [6, 6.07) is 4.67. The summed E-state index contributed by atoms with van der Waals surface area (Å²) >= 11 is -2.86. The van der Waals surface area contributed by atoms with Crippen molar-refractivity contribution >= 4 is 17.0 Å². The largest absolute Gasteiger partial charge is 1.00 e. The molecule has 1 N–H and O–H groups in total. The molecule has 22 heavy (non-hydrogen) atoms. The van der Waals surface area contributed by atoms with Crippen molar-refractivity contribution in [2.45, 2.75) is 13.0 Å². The topological polar surface area (TPSA) is 152 Å². The van der Waals surface area contributed by atoms with E-state index in [1.54, 1.807) is 19.1 Å². The molecule has 10 nitrogen and oxygen atoms in total. The van der Waals surface area contributed by atoms with Crippen LogP contribution in [0.5, 0.6) is 5.75 Å². The molecule has 1 aromatic carbocycles. The van der Waals surface area contributed by atoms with Gasteiger partial charge in [-0.2, -0.15) is 4.98 Å². The van der Waals surface area contributed by atoms with Gasteiger partial charge in [0.25, 0.3) is 11.6 Å². The number of nitro groups is 1. The van der Waals surface area contributed by atoms with Crippen LogP contribution in [0.3, 0.4) is 0 Å². The Hall–Kier alpha value is -1.37. The fourth-order valence-electron chi connectivity index (χ4n) is 1.78. The fourth-order valence-corrected chi connectivity index (χ4v) is 1.78. The van der Waals surface area contributed by atoms with Crippen LogP contribution in [0.15, 0.2) is 22.7 Å². The molecule has 2 aromatic rings. The van der Waals surface area contributed by atoms with Gasteiger partial charge in [0, 0.05) is 6.07 Å². The van der Waals surface area contributed by atoms with E-state index in [1.165, 1.54) is 6.07 Å². The third-order valence-corrected chi connectivity index (χ3v) is 2.51. The molecule has 0 saturated heterocycles.